The minimum absolute atomic E-state index is 0.0751. The fourth-order valence-corrected chi connectivity index (χ4v) is 4.03. The van der Waals surface area contributed by atoms with Gasteiger partial charge >= 0.3 is 5.97 Å². The van der Waals surface area contributed by atoms with Crippen LogP contribution < -0.4 is 5.32 Å². The van der Waals surface area contributed by atoms with Crippen LogP contribution in [0, 0.1) is 13.8 Å². The summed E-state index contributed by atoms with van der Waals surface area (Å²) in [6.45, 7) is 5.60. The molecular weight excluding hydrogens is 432 g/mol. The van der Waals surface area contributed by atoms with Gasteiger partial charge in [0.05, 0.1) is 12.6 Å². The number of ether oxygens (including phenoxy) is 2. The minimum Gasteiger partial charge on any atom is -0.456 e. The van der Waals surface area contributed by atoms with E-state index in [1.54, 1.807) is 25.3 Å². The molecule has 7 heteroatoms. The first-order valence-corrected chi connectivity index (χ1v) is 11.1. The quantitative estimate of drug-likeness (QED) is 0.362. The van der Waals surface area contributed by atoms with Gasteiger partial charge < -0.3 is 19.4 Å². The number of aryl methyl sites for hydroxylation is 1. The van der Waals surface area contributed by atoms with Crippen molar-refractivity contribution in [2.24, 2.45) is 0 Å². The lowest BCUT2D eigenvalue weighted by atomic mass is 10.0. The van der Waals surface area contributed by atoms with Gasteiger partial charge in [0.2, 0.25) is 5.78 Å². The number of carbonyl (C=O) groups excluding carboxylic acids is 3. The first-order valence-electron chi connectivity index (χ1n) is 11.1. The molecule has 2 aromatic carbocycles. The first-order chi connectivity index (χ1) is 16.3. The van der Waals surface area contributed by atoms with Crippen LogP contribution in [-0.4, -0.2) is 49.1 Å². The summed E-state index contributed by atoms with van der Waals surface area (Å²) in [6.07, 6.45) is 0. The van der Waals surface area contributed by atoms with Crippen molar-refractivity contribution in [3.63, 3.8) is 0 Å². The lowest BCUT2D eigenvalue weighted by Gasteiger charge is -2.17. The number of benzene rings is 2. The Morgan fingerprint density at radius 2 is 1.62 bits per heavy atom. The van der Waals surface area contributed by atoms with Crippen molar-refractivity contribution >= 4 is 17.7 Å². The van der Waals surface area contributed by atoms with Crippen LogP contribution in [0.5, 0.6) is 0 Å². The third-order valence-corrected chi connectivity index (χ3v) is 5.65. The summed E-state index contributed by atoms with van der Waals surface area (Å²) in [5, 5.41) is 2.53. The van der Waals surface area contributed by atoms with E-state index in [9.17, 15) is 14.4 Å². The maximum atomic E-state index is 12.6. The third-order valence-electron chi connectivity index (χ3n) is 5.65. The largest absolute Gasteiger partial charge is 0.456 e. The van der Waals surface area contributed by atoms with E-state index >= 15 is 0 Å². The van der Waals surface area contributed by atoms with Crippen LogP contribution in [-0.2, 0) is 14.3 Å². The Balaban J connectivity index is 1.50. The zero-order chi connectivity index (χ0) is 24.7. The van der Waals surface area contributed by atoms with Crippen molar-refractivity contribution in [3.05, 3.63) is 83.2 Å². The summed E-state index contributed by atoms with van der Waals surface area (Å²) < 4.78 is 12.3. The Morgan fingerprint density at radius 3 is 2.26 bits per heavy atom. The number of methoxy groups -OCH3 is 1. The Hall–Kier alpha value is -3.71. The van der Waals surface area contributed by atoms with Crippen LogP contribution in [0.1, 0.15) is 45.1 Å². The number of hydrogen-bond acceptors (Lipinski definition) is 5. The van der Waals surface area contributed by atoms with Crippen molar-refractivity contribution < 1.29 is 23.9 Å². The van der Waals surface area contributed by atoms with Gasteiger partial charge in [-0.15, -0.1) is 0 Å². The number of aromatic nitrogens is 1. The number of amides is 1. The monoisotopic (exact) mass is 462 g/mol. The standard InChI is InChI=1S/C27H30N2O5/c1-18-14-24(20(3)29(18)19(2)16-33-4)25(30)17-34-26(31)15-28-27(32)23-12-10-22(11-13-23)21-8-6-5-7-9-21/h5-14,19H,15-17H2,1-4H3,(H,28,32). The van der Waals surface area contributed by atoms with E-state index in [1.165, 1.54) is 0 Å². The maximum absolute atomic E-state index is 12.6. The van der Waals surface area contributed by atoms with Gasteiger partial charge in [0, 0.05) is 29.6 Å². The smallest absolute Gasteiger partial charge is 0.325 e. The average molecular weight is 463 g/mol. The number of nitrogens with zero attached hydrogens (tertiary/aromatic N) is 1. The third kappa shape index (κ3) is 5.99. The van der Waals surface area contributed by atoms with E-state index in [0.717, 1.165) is 22.5 Å². The number of carbonyl (C=O) groups is 3. The summed E-state index contributed by atoms with van der Waals surface area (Å²) in [5.41, 5.74) is 4.72. The molecule has 0 aliphatic rings. The Bertz CT molecular complexity index is 1150. The number of Topliss-reactive ketones (excluding diaryl/α,β-unsaturated/α-hetero) is 1. The Labute approximate surface area is 199 Å². The van der Waals surface area contributed by atoms with Crippen molar-refractivity contribution in [1.82, 2.24) is 9.88 Å². The van der Waals surface area contributed by atoms with Gasteiger partial charge in [-0.2, -0.15) is 0 Å². The van der Waals surface area contributed by atoms with Gasteiger partial charge in [-0.05, 0) is 50.1 Å². The molecule has 0 saturated heterocycles. The number of nitrogens with one attached hydrogen (secondary N) is 1. The Kier molecular flexibility index (Phi) is 8.38. The topological polar surface area (TPSA) is 86.6 Å². The summed E-state index contributed by atoms with van der Waals surface area (Å²) >= 11 is 0. The molecule has 0 radical (unpaired) electrons. The molecule has 1 atom stereocenters. The van der Waals surface area contributed by atoms with Crippen LogP contribution in [0.4, 0.5) is 0 Å². The zero-order valence-electron chi connectivity index (χ0n) is 20.0. The lowest BCUT2D eigenvalue weighted by molar-refractivity contribution is -0.141. The van der Waals surface area contributed by atoms with Gasteiger partial charge in [0.1, 0.15) is 6.54 Å². The van der Waals surface area contributed by atoms with Gasteiger partial charge in [-0.3, -0.25) is 14.4 Å². The van der Waals surface area contributed by atoms with E-state index in [-0.39, 0.29) is 25.0 Å². The molecule has 3 rings (SSSR count). The fraction of sp³-hybridized carbons (Fsp3) is 0.296. The summed E-state index contributed by atoms with van der Waals surface area (Å²) in [7, 11) is 1.63. The number of ketones is 1. The van der Waals surface area contributed by atoms with E-state index in [2.05, 4.69) is 5.32 Å². The Morgan fingerprint density at radius 1 is 0.971 bits per heavy atom. The number of hydrogen-bond donors (Lipinski definition) is 1. The van der Waals surface area contributed by atoms with Crippen LogP contribution >= 0.6 is 0 Å². The summed E-state index contributed by atoms with van der Waals surface area (Å²) in [6, 6.07) is 18.8. The summed E-state index contributed by atoms with van der Waals surface area (Å²) in [5.74, 6) is -1.36. The molecule has 0 fully saturated rings. The van der Waals surface area contributed by atoms with Gasteiger partial charge in [-0.1, -0.05) is 42.5 Å². The van der Waals surface area contributed by atoms with E-state index in [1.807, 2.05) is 67.8 Å². The number of rotatable bonds is 10. The van der Waals surface area contributed by atoms with Crippen LogP contribution in [0.15, 0.2) is 60.7 Å². The SMILES string of the molecule is COCC(C)n1c(C)cc(C(=O)COC(=O)CNC(=O)c2ccc(-c3ccccc3)cc2)c1C. The number of esters is 1. The highest BCUT2D eigenvalue weighted by Gasteiger charge is 2.20. The molecule has 7 nitrogen and oxygen atoms in total. The molecular formula is C27H30N2O5. The van der Waals surface area contributed by atoms with E-state index < -0.39 is 11.9 Å². The second-order valence-electron chi connectivity index (χ2n) is 8.17. The molecule has 3 aromatic rings. The van der Waals surface area contributed by atoms with Crippen LogP contribution in [0.25, 0.3) is 11.1 Å². The van der Waals surface area contributed by atoms with E-state index in [4.69, 9.17) is 9.47 Å². The molecule has 0 bridgehead atoms. The molecule has 34 heavy (non-hydrogen) atoms. The maximum Gasteiger partial charge on any atom is 0.325 e. The molecule has 1 aromatic heterocycles. The van der Waals surface area contributed by atoms with E-state index in [0.29, 0.717) is 17.7 Å². The molecule has 1 unspecified atom stereocenters. The van der Waals surface area contributed by atoms with Crippen molar-refractivity contribution in [2.75, 3.05) is 26.9 Å². The molecule has 0 aliphatic heterocycles. The second kappa shape index (κ2) is 11.4. The molecule has 0 saturated carbocycles. The lowest BCUT2D eigenvalue weighted by Crippen LogP contribution is -2.31. The van der Waals surface area contributed by atoms with Crippen LogP contribution in [0.2, 0.25) is 0 Å². The minimum atomic E-state index is -0.677. The normalized spacial score (nSPS) is 11.6. The second-order valence-corrected chi connectivity index (χ2v) is 8.17. The molecule has 0 aliphatic carbocycles. The highest BCUT2D eigenvalue weighted by molar-refractivity contribution is 6.00. The van der Waals surface area contributed by atoms with Crippen molar-refractivity contribution in [2.45, 2.75) is 26.8 Å². The molecule has 0 spiro atoms. The highest BCUT2D eigenvalue weighted by Crippen LogP contribution is 2.21. The molecule has 1 heterocycles. The van der Waals surface area contributed by atoms with Crippen molar-refractivity contribution in [3.8, 4) is 11.1 Å². The zero-order valence-corrected chi connectivity index (χ0v) is 20.0. The fourth-order valence-electron chi connectivity index (χ4n) is 4.03. The van der Waals surface area contributed by atoms with Gasteiger partial charge in [-0.25, -0.2) is 0 Å². The predicted molar refractivity (Wildman–Crippen MR) is 130 cm³/mol. The van der Waals surface area contributed by atoms with Crippen LogP contribution in [0.3, 0.4) is 0 Å². The molecule has 1 amide bonds. The van der Waals surface area contributed by atoms with Crippen molar-refractivity contribution in [1.29, 1.82) is 0 Å². The highest BCUT2D eigenvalue weighted by atomic mass is 16.5. The first kappa shape index (κ1) is 24.9. The average Bonchev–Trinajstić information content (AvgIpc) is 3.15. The predicted octanol–water partition coefficient (Wildman–Crippen LogP) is 4.14. The molecule has 1 N–H and O–H groups in total. The van der Waals surface area contributed by atoms with Gasteiger partial charge in [0.25, 0.3) is 5.91 Å². The molecule has 178 valence electrons. The van der Waals surface area contributed by atoms with Gasteiger partial charge in [0.15, 0.2) is 6.61 Å². The summed E-state index contributed by atoms with van der Waals surface area (Å²) in [4.78, 5) is 37.1.